The zero-order valence-electron chi connectivity index (χ0n) is 10.1. The van der Waals surface area contributed by atoms with E-state index in [1.54, 1.807) is 0 Å². The molecule has 0 atom stereocenters. The minimum absolute atomic E-state index is 0.253. The first-order chi connectivity index (χ1) is 8.59. The van der Waals surface area contributed by atoms with E-state index in [4.69, 9.17) is 11.6 Å². The van der Waals surface area contributed by atoms with Crippen molar-refractivity contribution in [2.75, 3.05) is 5.32 Å². The van der Waals surface area contributed by atoms with Crippen molar-refractivity contribution in [3.63, 3.8) is 0 Å². The highest BCUT2D eigenvalue weighted by molar-refractivity contribution is 9.10. The molecule has 0 aliphatic rings. The second-order valence-electron chi connectivity index (χ2n) is 4.19. The number of anilines is 2. The van der Waals surface area contributed by atoms with E-state index in [9.17, 15) is 0 Å². The van der Waals surface area contributed by atoms with Crippen molar-refractivity contribution in [2.24, 2.45) is 0 Å². The molecule has 18 heavy (non-hydrogen) atoms. The summed E-state index contributed by atoms with van der Waals surface area (Å²) in [5.41, 5.74) is 1.88. The number of benzene rings is 1. The number of para-hydroxylation sites is 1. The van der Waals surface area contributed by atoms with Crippen LogP contribution < -0.4 is 5.32 Å². The van der Waals surface area contributed by atoms with Gasteiger partial charge in [-0.2, -0.15) is 0 Å². The van der Waals surface area contributed by atoms with E-state index in [1.807, 2.05) is 24.3 Å². The van der Waals surface area contributed by atoms with Crippen molar-refractivity contribution in [2.45, 2.75) is 19.8 Å². The molecule has 0 saturated heterocycles. The smallest absolute Gasteiger partial charge is 0.138 e. The van der Waals surface area contributed by atoms with E-state index in [0.717, 1.165) is 21.5 Å². The molecule has 0 spiro atoms. The number of hydrogen-bond donors (Lipinski definition) is 1. The first-order valence-electron chi connectivity index (χ1n) is 5.61. The predicted octanol–water partition coefficient (Wildman–Crippen LogP) is 4.76. The SMILES string of the molecule is CC(C)c1c(Cl)ncnc1Nc1ccccc1Br. The molecule has 0 saturated carbocycles. The lowest BCUT2D eigenvalue weighted by Crippen LogP contribution is -2.03. The zero-order valence-corrected chi connectivity index (χ0v) is 12.5. The third-order valence-electron chi connectivity index (χ3n) is 2.54. The Hall–Kier alpha value is -1.13. The number of nitrogens with one attached hydrogen (secondary N) is 1. The molecule has 0 aliphatic heterocycles. The Bertz CT molecular complexity index is 558. The summed E-state index contributed by atoms with van der Waals surface area (Å²) >= 11 is 9.62. The minimum Gasteiger partial charge on any atom is -0.339 e. The molecule has 0 aliphatic carbocycles. The van der Waals surface area contributed by atoms with Gasteiger partial charge in [-0.15, -0.1) is 0 Å². The fraction of sp³-hybridized carbons (Fsp3) is 0.231. The normalized spacial score (nSPS) is 10.7. The molecule has 0 unspecified atom stereocenters. The van der Waals surface area contributed by atoms with Gasteiger partial charge >= 0.3 is 0 Å². The molecule has 1 aromatic heterocycles. The van der Waals surface area contributed by atoms with E-state index in [-0.39, 0.29) is 5.92 Å². The summed E-state index contributed by atoms with van der Waals surface area (Å²) in [6.45, 7) is 4.13. The highest BCUT2D eigenvalue weighted by Crippen LogP contribution is 2.32. The highest BCUT2D eigenvalue weighted by Gasteiger charge is 2.14. The van der Waals surface area contributed by atoms with Gasteiger partial charge < -0.3 is 5.32 Å². The summed E-state index contributed by atoms with van der Waals surface area (Å²) in [4.78, 5) is 8.30. The van der Waals surface area contributed by atoms with E-state index in [0.29, 0.717) is 5.15 Å². The van der Waals surface area contributed by atoms with E-state index in [2.05, 4.69) is 45.1 Å². The Morgan fingerprint density at radius 1 is 1.22 bits per heavy atom. The largest absolute Gasteiger partial charge is 0.339 e. The van der Waals surface area contributed by atoms with Crippen molar-refractivity contribution < 1.29 is 0 Å². The molecular formula is C13H13BrClN3. The van der Waals surface area contributed by atoms with Gasteiger partial charge in [0.05, 0.1) is 5.69 Å². The Labute approximate surface area is 120 Å². The molecule has 5 heteroatoms. The summed E-state index contributed by atoms with van der Waals surface area (Å²) in [6.07, 6.45) is 1.47. The maximum Gasteiger partial charge on any atom is 0.138 e. The summed E-state index contributed by atoms with van der Waals surface area (Å²) in [6, 6.07) is 7.88. The number of rotatable bonds is 3. The Kier molecular flexibility index (Phi) is 4.19. The first-order valence-corrected chi connectivity index (χ1v) is 6.78. The van der Waals surface area contributed by atoms with Gasteiger partial charge in [0, 0.05) is 10.0 Å². The van der Waals surface area contributed by atoms with Gasteiger partial charge in [0.2, 0.25) is 0 Å². The lowest BCUT2D eigenvalue weighted by atomic mass is 10.1. The quantitative estimate of drug-likeness (QED) is 0.826. The van der Waals surface area contributed by atoms with Crippen LogP contribution in [0.4, 0.5) is 11.5 Å². The summed E-state index contributed by atoms with van der Waals surface area (Å²) in [5.74, 6) is 1.00. The van der Waals surface area contributed by atoms with Crippen LogP contribution in [-0.2, 0) is 0 Å². The molecular weight excluding hydrogens is 314 g/mol. The minimum atomic E-state index is 0.253. The second-order valence-corrected chi connectivity index (χ2v) is 5.40. The highest BCUT2D eigenvalue weighted by atomic mass is 79.9. The van der Waals surface area contributed by atoms with Crippen molar-refractivity contribution in [1.82, 2.24) is 9.97 Å². The van der Waals surface area contributed by atoms with E-state index in [1.165, 1.54) is 6.33 Å². The fourth-order valence-electron chi connectivity index (χ4n) is 1.68. The van der Waals surface area contributed by atoms with Crippen molar-refractivity contribution in [3.8, 4) is 0 Å². The van der Waals surface area contributed by atoms with Gasteiger partial charge in [-0.05, 0) is 34.0 Å². The Morgan fingerprint density at radius 2 is 1.94 bits per heavy atom. The van der Waals surface area contributed by atoms with Crippen LogP contribution >= 0.6 is 27.5 Å². The summed E-state index contributed by atoms with van der Waals surface area (Å²) in [5, 5.41) is 3.78. The maximum absolute atomic E-state index is 6.13. The van der Waals surface area contributed by atoms with E-state index < -0.39 is 0 Å². The molecule has 1 heterocycles. The van der Waals surface area contributed by atoms with E-state index >= 15 is 0 Å². The zero-order chi connectivity index (χ0) is 13.1. The van der Waals surface area contributed by atoms with Crippen molar-refractivity contribution >= 4 is 39.0 Å². The average Bonchev–Trinajstić information content (AvgIpc) is 2.31. The van der Waals surface area contributed by atoms with Crippen LogP contribution in [0.3, 0.4) is 0 Å². The Morgan fingerprint density at radius 3 is 2.61 bits per heavy atom. The van der Waals surface area contributed by atoms with Crippen molar-refractivity contribution in [1.29, 1.82) is 0 Å². The molecule has 1 aromatic carbocycles. The Balaban J connectivity index is 2.41. The van der Waals surface area contributed by atoms with Crippen LogP contribution in [0.15, 0.2) is 35.1 Å². The molecule has 1 N–H and O–H groups in total. The fourth-order valence-corrected chi connectivity index (χ4v) is 2.41. The molecule has 2 aromatic rings. The lowest BCUT2D eigenvalue weighted by molar-refractivity contribution is 0.850. The van der Waals surface area contributed by atoms with Crippen LogP contribution in [0.25, 0.3) is 0 Å². The number of aromatic nitrogens is 2. The first kappa shape index (κ1) is 13.3. The van der Waals surface area contributed by atoms with Gasteiger partial charge in [0.25, 0.3) is 0 Å². The van der Waals surface area contributed by atoms with Crippen molar-refractivity contribution in [3.05, 3.63) is 45.8 Å². The maximum atomic E-state index is 6.13. The predicted molar refractivity (Wildman–Crippen MR) is 78.6 cm³/mol. The summed E-state index contributed by atoms with van der Waals surface area (Å²) in [7, 11) is 0. The third kappa shape index (κ3) is 2.82. The lowest BCUT2D eigenvalue weighted by Gasteiger charge is -2.15. The van der Waals surface area contributed by atoms with Gasteiger partial charge in [0.15, 0.2) is 0 Å². The molecule has 0 amide bonds. The van der Waals surface area contributed by atoms with Crippen LogP contribution in [-0.4, -0.2) is 9.97 Å². The number of nitrogens with zero attached hydrogens (tertiary/aromatic N) is 2. The van der Waals surface area contributed by atoms with Crippen LogP contribution in [0, 0.1) is 0 Å². The molecule has 0 bridgehead atoms. The van der Waals surface area contributed by atoms with Crippen LogP contribution in [0.2, 0.25) is 5.15 Å². The summed E-state index contributed by atoms with van der Waals surface area (Å²) < 4.78 is 0.981. The van der Waals surface area contributed by atoms with Crippen LogP contribution in [0.1, 0.15) is 25.3 Å². The number of hydrogen-bond acceptors (Lipinski definition) is 3. The monoisotopic (exact) mass is 325 g/mol. The van der Waals surface area contributed by atoms with Gasteiger partial charge in [-0.1, -0.05) is 37.6 Å². The van der Waals surface area contributed by atoms with Gasteiger partial charge in [0.1, 0.15) is 17.3 Å². The second kappa shape index (κ2) is 5.67. The molecule has 94 valence electrons. The average molecular weight is 327 g/mol. The molecule has 3 nitrogen and oxygen atoms in total. The molecule has 0 radical (unpaired) electrons. The standard InChI is InChI=1S/C13H13BrClN3/c1-8(2)11-12(15)16-7-17-13(11)18-10-6-4-3-5-9(10)14/h3-8H,1-2H3,(H,16,17,18). The van der Waals surface area contributed by atoms with Gasteiger partial charge in [-0.3, -0.25) is 0 Å². The van der Waals surface area contributed by atoms with Crippen LogP contribution in [0.5, 0.6) is 0 Å². The molecule has 2 rings (SSSR count). The number of halogens is 2. The van der Waals surface area contributed by atoms with Gasteiger partial charge in [-0.25, -0.2) is 9.97 Å². The third-order valence-corrected chi connectivity index (χ3v) is 3.53. The topological polar surface area (TPSA) is 37.8 Å². The molecule has 0 fully saturated rings.